The van der Waals surface area contributed by atoms with E-state index < -0.39 is 0 Å². The molecule has 0 atom stereocenters. The van der Waals surface area contributed by atoms with Gasteiger partial charge in [0.15, 0.2) is 11.5 Å². The van der Waals surface area contributed by atoms with Gasteiger partial charge in [0.25, 0.3) is 0 Å². The molecule has 0 bridgehead atoms. The van der Waals surface area contributed by atoms with Crippen molar-refractivity contribution in [3.05, 3.63) is 48.4 Å². The van der Waals surface area contributed by atoms with Crippen LogP contribution in [0, 0.1) is 0 Å². The van der Waals surface area contributed by atoms with Crippen molar-refractivity contribution in [2.24, 2.45) is 0 Å². The van der Waals surface area contributed by atoms with E-state index in [1.807, 2.05) is 22.7 Å². The monoisotopic (exact) mass is 388 g/mol. The van der Waals surface area contributed by atoms with Crippen LogP contribution in [0.1, 0.15) is 51.0 Å². The van der Waals surface area contributed by atoms with E-state index in [0.29, 0.717) is 5.92 Å². The van der Waals surface area contributed by atoms with Crippen molar-refractivity contribution in [2.45, 2.75) is 44.9 Å². The lowest BCUT2D eigenvalue weighted by Crippen LogP contribution is -2.34. The molecule has 1 fully saturated rings. The molecule has 8 nitrogen and oxygen atoms in total. The zero-order chi connectivity index (χ0) is 20.0. The topological polar surface area (TPSA) is 85.0 Å². The van der Waals surface area contributed by atoms with Crippen LogP contribution < -0.4 is 4.90 Å². The highest BCUT2D eigenvalue weighted by atomic mass is 15.4. The summed E-state index contributed by atoms with van der Waals surface area (Å²) in [4.78, 5) is 15.4. The molecule has 8 heteroatoms. The Kier molecular flexibility index (Phi) is 4.15. The average Bonchev–Trinajstić information content (AvgIpc) is 3.16. The lowest BCUT2D eigenvalue weighted by Gasteiger charge is -2.32. The van der Waals surface area contributed by atoms with Crippen LogP contribution in [0.15, 0.2) is 36.9 Å². The van der Waals surface area contributed by atoms with Crippen LogP contribution in [-0.2, 0) is 5.41 Å². The molecule has 4 aromatic rings. The van der Waals surface area contributed by atoms with E-state index in [1.54, 1.807) is 18.7 Å². The van der Waals surface area contributed by atoms with E-state index in [0.717, 1.165) is 59.8 Å². The molecule has 4 aromatic heterocycles. The summed E-state index contributed by atoms with van der Waals surface area (Å²) in [6, 6.07) is 6.05. The molecule has 0 saturated carbocycles. The van der Waals surface area contributed by atoms with Crippen LogP contribution in [0.25, 0.3) is 16.6 Å². The number of hydrogen-bond donors (Lipinski definition) is 0. The molecular formula is C21H24N8. The van der Waals surface area contributed by atoms with Crippen LogP contribution in [0.2, 0.25) is 0 Å². The fourth-order valence-electron chi connectivity index (χ4n) is 3.95. The van der Waals surface area contributed by atoms with Gasteiger partial charge in [-0.05, 0) is 31.0 Å². The number of rotatable bonds is 2. The van der Waals surface area contributed by atoms with Crippen molar-refractivity contribution >= 4 is 22.4 Å². The molecule has 0 N–H and O–H groups in total. The predicted octanol–water partition coefficient (Wildman–Crippen LogP) is 3.14. The van der Waals surface area contributed by atoms with Gasteiger partial charge in [0.05, 0.1) is 17.4 Å². The summed E-state index contributed by atoms with van der Waals surface area (Å²) in [7, 11) is 0. The summed E-state index contributed by atoms with van der Waals surface area (Å²) < 4.78 is 1.94. The van der Waals surface area contributed by atoms with E-state index in [4.69, 9.17) is 5.10 Å². The minimum atomic E-state index is -0.0119. The first-order valence-electron chi connectivity index (χ1n) is 10.0. The smallest absolute Gasteiger partial charge is 0.177 e. The normalized spacial score (nSPS) is 16.0. The highest BCUT2D eigenvalue weighted by Gasteiger charge is 2.27. The van der Waals surface area contributed by atoms with Gasteiger partial charge in [-0.25, -0.2) is 9.97 Å². The van der Waals surface area contributed by atoms with Crippen molar-refractivity contribution in [3.8, 4) is 0 Å². The molecule has 0 unspecified atom stereocenters. The highest BCUT2D eigenvalue weighted by molar-refractivity contribution is 5.88. The fraction of sp³-hybridized carbons (Fsp3) is 0.429. The number of hydrogen-bond acceptors (Lipinski definition) is 7. The van der Waals surface area contributed by atoms with Crippen molar-refractivity contribution < 1.29 is 0 Å². The molecule has 0 amide bonds. The molecule has 1 aliphatic heterocycles. The molecule has 0 aliphatic carbocycles. The van der Waals surface area contributed by atoms with Gasteiger partial charge in [-0.15, -0.1) is 10.2 Å². The molecule has 0 aromatic carbocycles. The molecule has 1 aliphatic rings. The third kappa shape index (κ3) is 3.18. The van der Waals surface area contributed by atoms with Gasteiger partial charge < -0.3 is 4.90 Å². The first kappa shape index (κ1) is 17.9. The fourth-order valence-corrected chi connectivity index (χ4v) is 3.95. The molecule has 5 heterocycles. The summed E-state index contributed by atoms with van der Waals surface area (Å²) in [5, 5.41) is 14.7. The number of aromatic nitrogens is 7. The van der Waals surface area contributed by atoms with Crippen LogP contribution in [0.4, 0.5) is 5.82 Å². The Labute approximate surface area is 169 Å². The van der Waals surface area contributed by atoms with Crippen LogP contribution in [-0.4, -0.2) is 47.9 Å². The number of nitrogens with zero attached hydrogens (tertiary/aromatic N) is 8. The summed E-state index contributed by atoms with van der Waals surface area (Å²) >= 11 is 0. The second kappa shape index (κ2) is 6.72. The van der Waals surface area contributed by atoms with E-state index in [9.17, 15) is 0 Å². The molecule has 29 heavy (non-hydrogen) atoms. The lowest BCUT2D eigenvalue weighted by molar-refractivity contribution is 0.471. The number of pyridine rings is 1. The van der Waals surface area contributed by atoms with Crippen LogP contribution >= 0.6 is 0 Å². The quantitative estimate of drug-likeness (QED) is 0.521. The van der Waals surface area contributed by atoms with E-state index in [-0.39, 0.29) is 5.41 Å². The Hall–Kier alpha value is -3.16. The van der Waals surface area contributed by atoms with Gasteiger partial charge in [-0.3, -0.25) is 4.98 Å². The zero-order valence-corrected chi connectivity index (χ0v) is 16.9. The van der Waals surface area contributed by atoms with Crippen molar-refractivity contribution in [1.29, 1.82) is 0 Å². The van der Waals surface area contributed by atoms with Crippen molar-refractivity contribution in [3.63, 3.8) is 0 Å². The number of piperidine rings is 1. The van der Waals surface area contributed by atoms with E-state index in [1.165, 1.54) is 0 Å². The largest absolute Gasteiger partial charge is 0.356 e. The predicted molar refractivity (Wildman–Crippen MR) is 111 cm³/mol. The maximum absolute atomic E-state index is 4.85. The number of fused-ring (bicyclic) bond motifs is 2. The molecule has 1 saturated heterocycles. The lowest BCUT2D eigenvalue weighted by atomic mass is 9.92. The maximum atomic E-state index is 4.85. The SMILES string of the molecule is CC(C)(C)c1ccc2nnc(C3CCN(c4ncnc5cnccc45)CC3)n2n1. The zero-order valence-electron chi connectivity index (χ0n) is 16.9. The van der Waals surface area contributed by atoms with E-state index >= 15 is 0 Å². The standard InChI is InChI=1S/C21H24N8/c1-21(2,3)17-4-5-18-25-26-19(29(18)27-17)14-7-10-28(11-8-14)20-15-6-9-22-12-16(15)23-13-24-20/h4-6,9,12-14H,7-8,10-11H2,1-3H3. The third-order valence-corrected chi connectivity index (χ3v) is 5.63. The van der Waals surface area contributed by atoms with Gasteiger partial charge in [0.2, 0.25) is 0 Å². The molecular weight excluding hydrogens is 364 g/mol. The Bertz CT molecular complexity index is 1160. The van der Waals surface area contributed by atoms with Crippen molar-refractivity contribution in [2.75, 3.05) is 18.0 Å². The van der Waals surface area contributed by atoms with E-state index in [2.05, 4.69) is 50.8 Å². The van der Waals surface area contributed by atoms with Crippen LogP contribution in [0.3, 0.4) is 0 Å². The van der Waals surface area contributed by atoms with Gasteiger partial charge >= 0.3 is 0 Å². The Morgan fingerprint density at radius 2 is 1.83 bits per heavy atom. The first-order chi connectivity index (χ1) is 14.0. The van der Waals surface area contributed by atoms with Gasteiger partial charge in [0, 0.05) is 36.0 Å². The summed E-state index contributed by atoms with van der Waals surface area (Å²) in [6.07, 6.45) is 7.17. The maximum Gasteiger partial charge on any atom is 0.177 e. The number of anilines is 1. The summed E-state index contributed by atoms with van der Waals surface area (Å²) in [5.74, 6) is 2.27. The third-order valence-electron chi connectivity index (χ3n) is 5.63. The Morgan fingerprint density at radius 3 is 2.62 bits per heavy atom. The van der Waals surface area contributed by atoms with Crippen LogP contribution in [0.5, 0.6) is 0 Å². The van der Waals surface area contributed by atoms with Gasteiger partial charge in [-0.1, -0.05) is 20.8 Å². The molecule has 5 rings (SSSR count). The van der Waals surface area contributed by atoms with Gasteiger partial charge in [-0.2, -0.15) is 9.61 Å². The highest BCUT2D eigenvalue weighted by Crippen LogP contribution is 2.31. The summed E-state index contributed by atoms with van der Waals surface area (Å²) in [6.45, 7) is 8.33. The molecule has 0 radical (unpaired) electrons. The second-order valence-corrected chi connectivity index (χ2v) is 8.65. The second-order valence-electron chi connectivity index (χ2n) is 8.65. The summed E-state index contributed by atoms with van der Waals surface area (Å²) in [5.41, 5.74) is 2.72. The molecule has 0 spiro atoms. The Balaban J connectivity index is 1.41. The minimum absolute atomic E-state index is 0.0119. The first-order valence-corrected chi connectivity index (χ1v) is 10.0. The molecule has 148 valence electrons. The van der Waals surface area contributed by atoms with Crippen molar-refractivity contribution in [1.82, 2.24) is 34.8 Å². The van der Waals surface area contributed by atoms with Gasteiger partial charge in [0.1, 0.15) is 12.1 Å². The minimum Gasteiger partial charge on any atom is -0.356 e. The average molecular weight is 388 g/mol. The Morgan fingerprint density at radius 1 is 1.00 bits per heavy atom.